The fourth-order valence-electron chi connectivity index (χ4n) is 2.90. The van der Waals surface area contributed by atoms with E-state index in [9.17, 15) is 4.79 Å². The molecule has 1 aliphatic carbocycles. The SMILES string of the molecule is C[C@@H]1CCCC[C@H]1NC(=O)c1ccc(C(C)(C)C)cc1. The third-order valence-corrected chi connectivity index (χ3v) is 4.44. The summed E-state index contributed by atoms with van der Waals surface area (Å²) in [6.07, 6.45) is 4.88. The number of carbonyl (C=O) groups is 1. The molecule has 0 heterocycles. The van der Waals surface area contributed by atoms with Crippen molar-refractivity contribution in [1.29, 1.82) is 0 Å². The molecule has 2 nitrogen and oxygen atoms in total. The Morgan fingerprint density at radius 2 is 1.70 bits per heavy atom. The third kappa shape index (κ3) is 3.62. The number of carbonyl (C=O) groups excluding carboxylic acids is 1. The summed E-state index contributed by atoms with van der Waals surface area (Å²) in [4.78, 5) is 12.3. The number of amides is 1. The number of hydrogen-bond acceptors (Lipinski definition) is 1. The van der Waals surface area contributed by atoms with Gasteiger partial charge in [0.05, 0.1) is 0 Å². The Morgan fingerprint density at radius 3 is 2.25 bits per heavy atom. The average Bonchev–Trinajstić information content (AvgIpc) is 2.40. The smallest absolute Gasteiger partial charge is 0.251 e. The number of nitrogens with one attached hydrogen (secondary N) is 1. The van der Waals surface area contributed by atoms with Crippen LogP contribution in [0.15, 0.2) is 24.3 Å². The standard InChI is InChI=1S/C18H27NO/c1-13-7-5-6-8-16(13)19-17(20)14-9-11-15(12-10-14)18(2,3)4/h9-13,16H,5-8H2,1-4H3,(H,19,20)/t13-,16-/m1/s1. The van der Waals surface area contributed by atoms with Gasteiger partial charge < -0.3 is 5.32 Å². The van der Waals surface area contributed by atoms with Gasteiger partial charge in [-0.25, -0.2) is 0 Å². The van der Waals surface area contributed by atoms with Crippen molar-refractivity contribution in [3.05, 3.63) is 35.4 Å². The highest BCUT2D eigenvalue weighted by Gasteiger charge is 2.23. The van der Waals surface area contributed by atoms with E-state index in [1.54, 1.807) is 0 Å². The molecule has 0 unspecified atom stereocenters. The lowest BCUT2D eigenvalue weighted by Gasteiger charge is -2.29. The molecule has 2 rings (SSSR count). The minimum absolute atomic E-state index is 0.0733. The van der Waals surface area contributed by atoms with Crippen molar-refractivity contribution in [2.75, 3.05) is 0 Å². The highest BCUT2D eigenvalue weighted by Crippen LogP contribution is 2.25. The minimum Gasteiger partial charge on any atom is -0.349 e. The second-order valence-electron chi connectivity index (χ2n) is 7.17. The molecule has 0 bridgehead atoms. The summed E-state index contributed by atoms with van der Waals surface area (Å²) in [5.74, 6) is 0.672. The van der Waals surface area contributed by atoms with Gasteiger partial charge in [0.1, 0.15) is 0 Å². The van der Waals surface area contributed by atoms with Gasteiger partial charge in [0.2, 0.25) is 0 Å². The topological polar surface area (TPSA) is 29.1 Å². The van der Waals surface area contributed by atoms with Crippen LogP contribution in [-0.4, -0.2) is 11.9 Å². The van der Waals surface area contributed by atoms with E-state index in [1.165, 1.54) is 24.8 Å². The van der Waals surface area contributed by atoms with Crippen molar-refractivity contribution >= 4 is 5.91 Å². The maximum absolute atomic E-state index is 12.3. The van der Waals surface area contributed by atoms with Crippen LogP contribution in [0.1, 0.15) is 69.3 Å². The summed E-state index contributed by atoms with van der Waals surface area (Å²) in [6.45, 7) is 8.80. The van der Waals surface area contributed by atoms with Crippen LogP contribution in [0.25, 0.3) is 0 Å². The second-order valence-corrected chi connectivity index (χ2v) is 7.17. The first kappa shape index (κ1) is 15.1. The number of benzene rings is 1. The Kier molecular flexibility index (Phi) is 4.52. The maximum Gasteiger partial charge on any atom is 0.251 e. The number of hydrogen-bond donors (Lipinski definition) is 1. The van der Waals surface area contributed by atoms with E-state index in [4.69, 9.17) is 0 Å². The number of rotatable bonds is 2. The summed E-state index contributed by atoms with van der Waals surface area (Å²) in [6, 6.07) is 8.38. The molecule has 0 aromatic heterocycles. The molecule has 0 spiro atoms. The molecular weight excluding hydrogens is 246 g/mol. The van der Waals surface area contributed by atoms with Crippen molar-refractivity contribution in [2.45, 2.75) is 64.8 Å². The Balaban J connectivity index is 2.02. The monoisotopic (exact) mass is 273 g/mol. The van der Waals surface area contributed by atoms with E-state index >= 15 is 0 Å². The largest absolute Gasteiger partial charge is 0.349 e. The van der Waals surface area contributed by atoms with Crippen molar-refractivity contribution in [2.24, 2.45) is 5.92 Å². The van der Waals surface area contributed by atoms with Gasteiger partial charge in [-0.2, -0.15) is 0 Å². The zero-order valence-electron chi connectivity index (χ0n) is 13.2. The van der Waals surface area contributed by atoms with Crippen molar-refractivity contribution in [1.82, 2.24) is 5.32 Å². The zero-order valence-corrected chi connectivity index (χ0v) is 13.2. The highest BCUT2D eigenvalue weighted by atomic mass is 16.1. The van der Waals surface area contributed by atoms with Crippen molar-refractivity contribution in [3.8, 4) is 0 Å². The van der Waals surface area contributed by atoms with E-state index in [2.05, 4.69) is 45.1 Å². The first-order valence-electron chi connectivity index (χ1n) is 7.79. The summed E-state index contributed by atoms with van der Waals surface area (Å²) in [5, 5.41) is 3.20. The van der Waals surface area contributed by atoms with Gasteiger partial charge in [-0.15, -0.1) is 0 Å². The molecule has 2 heteroatoms. The molecular formula is C18H27NO. The quantitative estimate of drug-likeness (QED) is 0.855. The van der Waals surface area contributed by atoms with Crippen LogP contribution in [0.2, 0.25) is 0 Å². The molecule has 0 radical (unpaired) electrons. The molecule has 1 amide bonds. The molecule has 2 atom stereocenters. The Bertz CT molecular complexity index is 455. The van der Waals surface area contributed by atoms with Gasteiger partial charge in [0, 0.05) is 11.6 Å². The minimum atomic E-state index is 0.0733. The van der Waals surface area contributed by atoms with Gasteiger partial charge in [-0.1, -0.05) is 52.7 Å². The summed E-state index contributed by atoms with van der Waals surface area (Å²) >= 11 is 0. The zero-order chi connectivity index (χ0) is 14.8. The normalized spacial score (nSPS) is 23.4. The second kappa shape index (κ2) is 5.99. The van der Waals surface area contributed by atoms with Crippen LogP contribution in [0.5, 0.6) is 0 Å². The summed E-state index contributed by atoms with van der Waals surface area (Å²) in [5.41, 5.74) is 2.17. The van der Waals surface area contributed by atoms with Gasteiger partial charge >= 0.3 is 0 Å². The van der Waals surface area contributed by atoms with Crippen molar-refractivity contribution in [3.63, 3.8) is 0 Å². The van der Waals surface area contributed by atoms with Gasteiger partial charge in [0.15, 0.2) is 0 Å². The third-order valence-electron chi connectivity index (χ3n) is 4.44. The average molecular weight is 273 g/mol. The predicted octanol–water partition coefficient (Wildman–Crippen LogP) is 4.29. The Morgan fingerprint density at radius 1 is 1.10 bits per heavy atom. The molecule has 1 aliphatic rings. The molecule has 1 aromatic rings. The molecule has 110 valence electrons. The summed E-state index contributed by atoms with van der Waals surface area (Å²) < 4.78 is 0. The Labute approximate surface area is 123 Å². The summed E-state index contributed by atoms with van der Waals surface area (Å²) in [7, 11) is 0. The van der Waals surface area contributed by atoms with Crippen LogP contribution < -0.4 is 5.32 Å². The van der Waals surface area contributed by atoms with Crippen LogP contribution in [0.4, 0.5) is 0 Å². The highest BCUT2D eigenvalue weighted by molar-refractivity contribution is 5.94. The van der Waals surface area contributed by atoms with E-state index in [1.807, 2.05) is 12.1 Å². The molecule has 0 saturated heterocycles. The molecule has 0 aliphatic heterocycles. The first-order valence-corrected chi connectivity index (χ1v) is 7.79. The van der Waals surface area contributed by atoms with Crippen LogP contribution in [0, 0.1) is 5.92 Å². The van der Waals surface area contributed by atoms with Gasteiger partial charge in [-0.05, 0) is 41.9 Å². The molecule has 20 heavy (non-hydrogen) atoms. The van der Waals surface area contributed by atoms with Crippen LogP contribution in [-0.2, 0) is 5.41 Å². The van der Waals surface area contributed by atoms with E-state index in [0.717, 1.165) is 12.0 Å². The lowest BCUT2D eigenvalue weighted by molar-refractivity contribution is 0.0910. The van der Waals surface area contributed by atoms with Crippen molar-refractivity contribution < 1.29 is 4.79 Å². The molecule has 1 N–H and O–H groups in total. The fourth-order valence-corrected chi connectivity index (χ4v) is 2.90. The lowest BCUT2D eigenvalue weighted by atomic mass is 9.85. The lowest BCUT2D eigenvalue weighted by Crippen LogP contribution is -2.41. The van der Waals surface area contributed by atoms with Gasteiger partial charge in [-0.3, -0.25) is 4.79 Å². The van der Waals surface area contributed by atoms with Crippen LogP contribution >= 0.6 is 0 Å². The first-order chi connectivity index (χ1) is 9.38. The van der Waals surface area contributed by atoms with E-state index < -0.39 is 0 Å². The van der Waals surface area contributed by atoms with Gasteiger partial charge in [0.25, 0.3) is 5.91 Å². The van der Waals surface area contributed by atoms with Crippen LogP contribution in [0.3, 0.4) is 0 Å². The molecule has 1 aromatic carbocycles. The molecule has 1 saturated carbocycles. The predicted molar refractivity (Wildman–Crippen MR) is 84.0 cm³/mol. The maximum atomic E-state index is 12.3. The van der Waals surface area contributed by atoms with E-state index in [-0.39, 0.29) is 11.3 Å². The van der Waals surface area contributed by atoms with E-state index in [0.29, 0.717) is 12.0 Å². The fraction of sp³-hybridized carbons (Fsp3) is 0.611. The Hall–Kier alpha value is -1.31. The molecule has 1 fully saturated rings.